The predicted molar refractivity (Wildman–Crippen MR) is 102 cm³/mol. The first-order valence-corrected chi connectivity index (χ1v) is 8.83. The maximum atomic E-state index is 12.5. The molecule has 2 heterocycles. The van der Waals surface area contributed by atoms with Crippen LogP contribution in [0.25, 0.3) is 10.9 Å². The van der Waals surface area contributed by atoms with Gasteiger partial charge in [0.2, 0.25) is 5.89 Å². The molecule has 2 aromatic heterocycles. The molecule has 1 amide bonds. The zero-order valence-electron chi connectivity index (χ0n) is 16.2. The molecule has 0 aliphatic heterocycles. The summed E-state index contributed by atoms with van der Waals surface area (Å²) in [5, 5.41) is 12.9. The molecule has 3 aromatic rings. The van der Waals surface area contributed by atoms with Gasteiger partial charge in [0.1, 0.15) is 17.4 Å². The fourth-order valence-electron chi connectivity index (χ4n) is 2.99. The highest BCUT2D eigenvalue weighted by atomic mass is 16.6. The van der Waals surface area contributed by atoms with Gasteiger partial charge in [-0.1, -0.05) is 18.2 Å². The number of alkyl carbamates (subject to hydrolysis) is 1. The van der Waals surface area contributed by atoms with Crippen LogP contribution in [0.2, 0.25) is 0 Å². The van der Waals surface area contributed by atoms with E-state index in [4.69, 9.17) is 14.3 Å². The lowest BCUT2D eigenvalue weighted by atomic mass is 9.92. The summed E-state index contributed by atoms with van der Waals surface area (Å²) in [6, 6.07) is 7.76. The van der Waals surface area contributed by atoms with E-state index in [0.717, 1.165) is 22.7 Å². The van der Waals surface area contributed by atoms with Crippen LogP contribution >= 0.6 is 0 Å². The Morgan fingerprint density at radius 3 is 2.61 bits per heavy atom. The van der Waals surface area contributed by atoms with Gasteiger partial charge in [0.15, 0.2) is 5.69 Å². The van der Waals surface area contributed by atoms with Crippen LogP contribution in [0.5, 0.6) is 0 Å². The van der Waals surface area contributed by atoms with Crippen molar-refractivity contribution in [3.63, 3.8) is 0 Å². The van der Waals surface area contributed by atoms with Gasteiger partial charge < -0.3 is 24.6 Å². The van der Waals surface area contributed by atoms with Crippen LogP contribution in [0.4, 0.5) is 4.79 Å². The molecule has 148 valence electrons. The molecule has 28 heavy (non-hydrogen) atoms. The van der Waals surface area contributed by atoms with Crippen molar-refractivity contribution in [2.45, 2.75) is 45.3 Å². The number of hydrogen-bond donors (Lipinski definition) is 3. The number of amides is 1. The third-order valence-corrected chi connectivity index (χ3v) is 4.19. The second kappa shape index (κ2) is 7.03. The number of nitrogens with one attached hydrogen (secondary N) is 2. The van der Waals surface area contributed by atoms with Crippen molar-refractivity contribution in [2.75, 3.05) is 0 Å². The average molecular weight is 385 g/mol. The van der Waals surface area contributed by atoms with Gasteiger partial charge in [0.25, 0.3) is 0 Å². The van der Waals surface area contributed by atoms with Gasteiger partial charge >= 0.3 is 12.1 Å². The molecule has 3 N–H and O–H groups in total. The highest BCUT2D eigenvalue weighted by Crippen LogP contribution is 2.29. The molecule has 0 bridgehead atoms. The van der Waals surface area contributed by atoms with Crippen LogP contribution in [0.15, 0.2) is 41.1 Å². The molecule has 1 unspecified atom stereocenters. The summed E-state index contributed by atoms with van der Waals surface area (Å²) >= 11 is 0. The Bertz CT molecular complexity index is 1010. The Labute approximate surface area is 161 Å². The fraction of sp³-hybridized carbons (Fsp3) is 0.350. The monoisotopic (exact) mass is 385 g/mol. The van der Waals surface area contributed by atoms with E-state index in [2.05, 4.69) is 15.3 Å². The second-order valence-electron chi connectivity index (χ2n) is 7.84. The zero-order chi connectivity index (χ0) is 20.5. The van der Waals surface area contributed by atoms with Crippen LogP contribution in [0, 0.1) is 0 Å². The summed E-state index contributed by atoms with van der Waals surface area (Å²) in [6.45, 7) is 7.00. The van der Waals surface area contributed by atoms with Crippen LogP contribution in [-0.2, 0) is 16.7 Å². The lowest BCUT2D eigenvalue weighted by Gasteiger charge is -2.29. The summed E-state index contributed by atoms with van der Waals surface area (Å²) in [6.07, 6.45) is 2.57. The SMILES string of the molecule is CC(C)(C)OC(=O)NC(C)(Cc1c[nH]c2ccccc12)c1nc(C(=O)O)co1. The molecule has 0 fully saturated rings. The summed E-state index contributed by atoms with van der Waals surface area (Å²) in [7, 11) is 0. The normalized spacial score (nSPS) is 13.9. The van der Waals surface area contributed by atoms with Crippen molar-refractivity contribution >= 4 is 23.0 Å². The standard InChI is InChI=1S/C20H23N3O5/c1-19(2,3)28-18(26)23-20(4,17-22-15(11-27-17)16(24)25)9-12-10-21-14-8-6-5-7-13(12)14/h5-8,10-11,21H,9H2,1-4H3,(H,23,26)(H,24,25). The molecule has 8 heteroatoms. The number of aromatic amines is 1. The highest BCUT2D eigenvalue weighted by molar-refractivity contribution is 5.85. The molecule has 1 aromatic carbocycles. The lowest BCUT2D eigenvalue weighted by Crippen LogP contribution is -2.47. The summed E-state index contributed by atoms with van der Waals surface area (Å²) in [5.41, 5.74) is -0.165. The Morgan fingerprint density at radius 1 is 1.25 bits per heavy atom. The van der Waals surface area contributed by atoms with Crippen LogP contribution < -0.4 is 5.32 Å². The van der Waals surface area contributed by atoms with Gasteiger partial charge in [0.05, 0.1) is 0 Å². The zero-order valence-corrected chi connectivity index (χ0v) is 16.2. The van der Waals surface area contributed by atoms with Crippen LogP contribution in [0.1, 0.15) is 49.6 Å². The van der Waals surface area contributed by atoms with Gasteiger partial charge in [-0.3, -0.25) is 0 Å². The van der Waals surface area contributed by atoms with Crippen LogP contribution in [-0.4, -0.2) is 32.7 Å². The predicted octanol–water partition coefficient (Wildman–Crippen LogP) is 3.84. The maximum Gasteiger partial charge on any atom is 0.408 e. The highest BCUT2D eigenvalue weighted by Gasteiger charge is 2.37. The van der Waals surface area contributed by atoms with Gasteiger partial charge in [-0.15, -0.1) is 0 Å². The number of hydrogen-bond acceptors (Lipinski definition) is 5. The number of rotatable bonds is 5. The minimum Gasteiger partial charge on any atom is -0.476 e. The molecule has 1 atom stereocenters. The Morgan fingerprint density at radius 2 is 1.96 bits per heavy atom. The molecule has 0 saturated heterocycles. The largest absolute Gasteiger partial charge is 0.476 e. The first kappa shape index (κ1) is 19.5. The first-order valence-electron chi connectivity index (χ1n) is 8.83. The van der Waals surface area contributed by atoms with Crippen molar-refractivity contribution in [3.05, 3.63) is 53.9 Å². The molecule has 8 nitrogen and oxygen atoms in total. The van der Waals surface area contributed by atoms with Crippen molar-refractivity contribution in [2.24, 2.45) is 0 Å². The van der Waals surface area contributed by atoms with Gasteiger partial charge in [0, 0.05) is 23.5 Å². The van der Waals surface area contributed by atoms with E-state index in [9.17, 15) is 9.59 Å². The van der Waals surface area contributed by atoms with Gasteiger partial charge in [-0.05, 0) is 39.3 Å². The summed E-state index contributed by atoms with van der Waals surface area (Å²) in [4.78, 5) is 30.9. The second-order valence-corrected chi connectivity index (χ2v) is 7.84. The molecular weight excluding hydrogens is 362 g/mol. The number of benzene rings is 1. The molecular formula is C20H23N3O5. The van der Waals surface area contributed by atoms with E-state index in [1.165, 1.54) is 0 Å². The Kier molecular flexibility index (Phi) is 4.89. The number of aromatic carboxylic acids is 1. The summed E-state index contributed by atoms with van der Waals surface area (Å²) < 4.78 is 10.8. The third-order valence-electron chi connectivity index (χ3n) is 4.19. The fourth-order valence-corrected chi connectivity index (χ4v) is 2.99. The summed E-state index contributed by atoms with van der Waals surface area (Å²) in [5.74, 6) is -1.12. The average Bonchev–Trinajstić information content (AvgIpc) is 3.21. The maximum absolute atomic E-state index is 12.5. The number of nitrogens with zero attached hydrogens (tertiary/aromatic N) is 1. The van der Waals surface area contributed by atoms with Crippen molar-refractivity contribution in [3.8, 4) is 0 Å². The topological polar surface area (TPSA) is 117 Å². The quantitative estimate of drug-likeness (QED) is 0.614. The van der Waals surface area contributed by atoms with E-state index in [-0.39, 0.29) is 11.6 Å². The van der Waals surface area contributed by atoms with E-state index in [0.29, 0.717) is 6.42 Å². The molecule has 0 aliphatic rings. The van der Waals surface area contributed by atoms with Crippen molar-refractivity contribution < 1.29 is 23.8 Å². The number of ether oxygens (including phenoxy) is 1. The Balaban J connectivity index is 1.97. The number of aromatic nitrogens is 2. The number of H-pyrrole nitrogens is 1. The minimum atomic E-state index is -1.21. The molecule has 0 radical (unpaired) electrons. The number of carboxylic acids is 1. The van der Waals surface area contributed by atoms with E-state index >= 15 is 0 Å². The smallest absolute Gasteiger partial charge is 0.408 e. The van der Waals surface area contributed by atoms with E-state index < -0.39 is 23.2 Å². The van der Waals surface area contributed by atoms with Crippen molar-refractivity contribution in [1.82, 2.24) is 15.3 Å². The number of para-hydroxylation sites is 1. The van der Waals surface area contributed by atoms with E-state index in [1.807, 2.05) is 30.5 Å². The van der Waals surface area contributed by atoms with Crippen LogP contribution in [0.3, 0.4) is 0 Å². The first-order chi connectivity index (χ1) is 13.1. The number of fused-ring (bicyclic) bond motifs is 1. The van der Waals surface area contributed by atoms with Gasteiger partial charge in [-0.2, -0.15) is 0 Å². The molecule has 0 aliphatic carbocycles. The molecule has 0 saturated carbocycles. The molecule has 3 rings (SSSR count). The minimum absolute atomic E-state index is 0.0843. The lowest BCUT2D eigenvalue weighted by molar-refractivity contribution is 0.0443. The number of carboxylic acid groups (broad SMARTS) is 1. The van der Waals surface area contributed by atoms with Crippen molar-refractivity contribution in [1.29, 1.82) is 0 Å². The Hall–Kier alpha value is -3.29. The number of oxazole rings is 1. The number of carbonyl (C=O) groups excluding carboxylic acids is 1. The van der Waals surface area contributed by atoms with Gasteiger partial charge in [-0.25, -0.2) is 14.6 Å². The number of carbonyl (C=O) groups is 2. The van der Waals surface area contributed by atoms with E-state index in [1.54, 1.807) is 27.7 Å². The molecule has 0 spiro atoms. The third kappa shape index (κ3) is 4.16.